The van der Waals surface area contributed by atoms with Crippen molar-refractivity contribution in [2.75, 3.05) is 11.9 Å². The first-order valence-electron chi connectivity index (χ1n) is 4.53. The van der Waals surface area contributed by atoms with Gasteiger partial charge >= 0.3 is 0 Å². The summed E-state index contributed by atoms with van der Waals surface area (Å²) in [6, 6.07) is 6.11. The van der Waals surface area contributed by atoms with Gasteiger partial charge in [-0.15, -0.1) is 0 Å². The second-order valence-electron chi connectivity index (χ2n) is 3.47. The summed E-state index contributed by atoms with van der Waals surface area (Å²) in [5.41, 5.74) is 3.82. The molecule has 0 amide bonds. The van der Waals surface area contributed by atoms with Gasteiger partial charge in [0, 0.05) is 5.69 Å². The van der Waals surface area contributed by atoms with Gasteiger partial charge in [0.15, 0.2) is 0 Å². The predicted molar refractivity (Wildman–Crippen MR) is 59.5 cm³/mol. The van der Waals surface area contributed by atoms with E-state index in [1.54, 1.807) is 0 Å². The van der Waals surface area contributed by atoms with Gasteiger partial charge in [0.1, 0.15) is 5.50 Å². The van der Waals surface area contributed by atoms with Crippen LogP contribution in [-0.2, 0) is 0 Å². The number of halogens is 1. The maximum atomic E-state index is 9.06. The Morgan fingerprint density at radius 1 is 1.50 bits per heavy atom. The van der Waals surface area contributed by atoms with Crippen LogP contribution >= 0.6 is 11.6 Å². The second-order valence-corrected chi connectivity index (χ2v) is 3.91. The molecule has 1 unspecified atom stereocenters. The van der Waals surface area contributed by atoms with Crippen molar-refractivity contribution in [3.05, 3.63) is 34.9 Å². The summed E-state index contributed by atoms with van der Waals surface area (Å²) in [6.07, 6.45) is 1.94. The van der Waals surface area contributed by atoms with Crippen molar-refractivity contribution < 1.29 is 5.11 Å². The first-order chi connectivity index (χ1) is 6.70. The molecule has 1 atom stereocenters. The van der Waals surface area contributed by atoms with Crippen LogP contribution in [0.3, 0.4) is 0 Å². The summed E-state index contributed by atoms with van der Waals surface area (Å²) in [4.78, 5) is 0. The number of anilines is 1. The molecule has 1 heterocycles. The van der Waals surface area contributed by atoms with Crippen molar-refractivity contribution in [2.24, 2.45) is 0 Å². The van der Waals surface area contributed by atoms with Crippen LogP contribution < -0.4 is 5.32 Å². The van der Waals surface area contributed by atoms with Crippen LogP contribution in [0.15, 0.2) is 23.8 Å². The number of alkyl halides is 1. The Hall–Kier alpha value is -0.990. The largest absolute Gasteiger partial charge is 0.392 e. The Morgan fingerprint density at radius 3 is 3.00 bits per heavy atom. The third kappa shape index (κ3) is 1.63. The molecule has 14 heavy (non-hydrogen) atoms. The maximum absolute atomic E-state index is 9.06. The quantitative estimate of drug-likeness (QED) is 0.550. The molecule has 2 nitrogen and oxygen atoms in total. The summed E-state index contributed by atoms with van der Waals surface area (Å²) in [7, 11) is 0. The first-order valence-corrected chi connectivity index (χ1v) is 4.97. The third-order valence-corrected chi connectivity index (χ3v) is 2.73. The molecule has 2 N–H and O–H groups in total. The zero-order valence-electron chi connectivity index (χ0n) is 7.92. The molecule has 0 saturated heterocycles. The molecule has 74 valence electrons. The van der Waals surface area contributed by atoms with E-state index in [-0.39, 0.29) is 12.1 Å². The molecule has 0 spiro atoms. The Labute approximate surface area is 88.2 Å². The molecule has 0 aliphatic carbocycles. The molecule has 1 aliphatic heterocycles. The van der Waals surface area contributed by atoms with Gasteiger partial charge in [-0.05, 0) is 36.3 Å². The van der Waals surface area contributed by atoms with Crippen molar-refractivity contribution in [2.45, 2.75) is 12.4 Å². The molecule has 0 aromatic heterocycles. The summed E-state index contributed by atoms with van der Waals surface area (Å²) in [6.45, 7) is 2.04. The number of rotatable bonds is 1. The summed E-state index contributed by atoms with van der Waals surface area (Å²) in [5.74, 6) is 0. The van der Waals surface area contributed by atoms with Crippen LogP contribution in [0.2, 0.25) is 0 Å². The molecule has 1 aliphatic rings. The number of aliphatic hydroxyl groups excluding tert-OH is 1. The van der Waals surface area contributed by atoms with Gasteiger partial charge in [0.25, 0.3) is 0 Å². The van der Waals surface area contributed by atoms with E-state index in [0.717, 1.165) is 16.8 Å². The fraction of sp³-hybridized carbons (Fsp3) is 0.273. The fourth-order valence-electron chi connectivity index (χ4n) is 1.56. The highest BCUT2D eigenvalue weighted by Crippen LogP contribution is 2.28. The van der Waals surface area contributed by atoms with Gasteiger partial charge in [-0.2, -0.15) is 0 Å². The number of aryl methyl sites for hydroxylation is 1. The SMILES string of the molecule is Cc1ccc2c(c1)C=C(CO)C(Cl)N2. The molecular weight excluding hydrogens is 198 g/mol. The molecule has 2 rings (SSSR count). The highest BCUT2D eigenvalue weighted by atomic mass is 35.5. The van der Waals surface area contributed by atoms with E-state index in [1.807, 2.05) is 25.1 Å². The normalized spacial score (nSPS) is 19.6. The second kappa shape index (κ2) is 3.64. The number of fused-ring (bicyclic) bond motifs is 1. The zero-order valence-corrected chi connectivity index (χ0v) is 8.67. The number of hydrogen-bond donors (Lipinski definition) is 2. The molecule has 3 heteroatoms. The van der Waals surface area contributed by atoms with Crippen LogP contribution in [0, 0.1) is 6.92 Å². The molecule has 0 radical (unpaired) electrons. The Kier molecular flexibility index (Phi) is 2.48. The monoisotopic (exact) mass is 209 g/mol. The molecule has 1 aromatic rings. The van der Waals surface area contributed by atoms with Crippen molar-refractivity contribution in [3.63, 3.8) is 0 Å². The number of benzene rings is 1. The molecule has 0 bridgehead atoms. The van der Waals surface area contributed by atoms with Crippen LogP contribution in [0.5, 0.6) is 0 Å². The van der Waals surface area contributed by atoms with E-state index in [9.17, 15) is 0 Å². The molecule has 1 aromatic carbocycles. The van der Waals surface area contributed by atoms with Crippen molar-refractivity contribution in [3.8, 4) is 0 Å². The van der Waals surface area contributed by atoms with Crippen LogP contribution in [0.4, 0.5) is 5.69 Å². The van der Waals surface area contributed by atoms with E-state index in [1.165, 1.54) is 5.56 Å². The Morgan fingerprint density at radius 2 is 2.29 bits per heavy atom. The lowest BCUT2D eigenvalue weighted by atomic mass is 10.0. The van der Waals surface area contributed by atoms with Gasteiger partial charge < -0.3 is 10.4 Å². The van der Waals surface area contributed by atoms with Gasteiger partial charge in [-0.25, -0.2) is 0 Å². The standard InChI is InChI=1S/C11H12ClNO/c1-7-2-3-10-8(4-7)5-9(6-14)11(12)13-10/h2-5,11,13-14H,6H2,1H3. The molecule has 0 saturated carbocycles. The lowest BCUT2D eigenvalue weighted by Crippen LogP contribution is -2.21. The third-order valence-electron chi connectivity index (χ3n) is 2.34. The summed E-state index contributed by atoms with van der Waals surface area (Å²) < 4.78 is 0. The number of hydrogen-bond acceptors (Lipinski definition) is 2. The topological polar surface area (TPSA) is 32.3 Å². The minimum Gasteiger partial charge on any atom is -0.392 e. The summed E-state index contributed by atoms with van der Waals surface area (Å²) >= 11 is 6.01. The van der Waals surface area contributed by atoms with E-state index < -0.39 is 0 Å². The zero-order chi connectivity index (χ0) is 10.1. The van der Waals surface area contributed by atoms with Crippen molar-refractivity contribution >= 4 is 23.4 Å². The van der Waals surface area contributed by atoms with Crippen LogP contribution in [-0.4, -0.2) is 17.2 Å². The number of nitrogens with one attached hydrogen (secondary N) is 1. The van der Waals surface area contributed by atoms with E-state index in [2.05, 4.69) is 11.4 Å². The van der Waals surface area contributed by atoms with E-state index in [0.29, 0.717) is 0 Å². The van der Waals surface area contributed by atoms with Crippen molar-refractivity contribution in [1.29, 1.82) is 0 Å². The van der Waals surface area contributed by atoms with Gasteiger partial charge in [-0.1, -0.05) is 23.2 Å². The lowest BCUT2D eigenvalue weighted by molar-refractivity contribution is 0.329. The number of aliphatic hydroxyl groups is 1. The highest BCUT2D eigenvalue weighted by Gasteiger charge is 2.17. The van der Waals surface area contributed by atoms with Crippen LogP contribution in [0.1, 0.15) is 11.1 Å². The maximum Gasteiger partial charge on any atom is 0.126 e. The van der Waals surface area contributed by atoms with Gasteiger partial charge in [-0.3, -0.25) is 0 Å². The first kappa shape index (κ1) is 9.56. The van der Waals surface area contributed by atoms with Gasteiger partial charge in [0.05, 0.1) is 6.61 Å². The van der Waals surface area contributed by atoms with E-state index >= 15 is 0 Å². The van der Waals surface area contributed by atoms with Crippen molar-refractivity contribution in [1.82, 2.24) is 0 Å². The van der Waals surface area contributed by atoms with Gasteiger partial charge in [0.2, 0.25) is 0 Å². The van der Waals surface area contributed by atoms with Crippen LogP contribution in [0.25, 0.3) is 6.08 Å². The minimum atomic E-state index is -0.296. The smallest absolute Gasteiger partial charge is 0.126 e. The Balaban J connectivity index is 2.46. The fourth-order valence-corrected chi connectivity index (χ4v) is 1.81. The average Bonchev–Trinajstić information content (AvgIpc) is 2.17. The molecule has 0 fully saturated rings. The average molecular weight is 210 g/mol. The molecular formula is C11H12ClNO. The lowest BCUT2D eigenvalue weighted by Gasteiger charge is -2.22. The summed E-state index contributed by atoms with van der Waals surface area (Å²) in [5, 5.41) is 12.2. The Bertz CT molecular complexity index is 387. The predicted octanol–water partition coefficient (Wildman–Crippen LogP) is 2.36. The highest BCUT2D eigenvalue weighted by molar-refractivity contribution is 6.24. The van der Waals surface area contributed by atoms with E-state index in [4.69, 9.17) is 16.7 Å². The minimum absolute atomic E-state index is 0.00541.